The van der Waals surface area contributed by atoms with E-state index in [1.807, 2.05) is 146 Å². The van der Waals surface area contributed by atoms with Gasteiger partial charge in [-0.2, -0.15) is 0 Å². The number of nitrogens with zero attached hydrogens (tertiary/aromatic N) is 12. The number of carbonyl (C=O) groups is 6. The summed E-state index contributed by atoms with van der Waals surface area (Å²) >= 11 is 0. The molecule has 24 heteroatoms. The SMILES string of the molecule is O=C1CC(CCC(=O)N2CCC(Oc3cc(-c4ccccn4)nc(-c4ccccn4)c3)CC2)NC(=O)CC(CCC(=O)N2CCC(Oc3cc(-c4ccccn4)nc(-c4ccccn4)c3)CC2)NC(=O)CC(CCC(=O)N2CCC(Oc3cc(-c4ccccn4)nc(-c4ccccn4)c3)CC2)N1. The predicted octanol–water partition coefficient (Wildman–Crippen LogP) is 9.73. The van der Waals surface area contributed by atoms with Crippen molar-refractivity contribution >= 4 is 35.4 Å². The maximum Gasteiger partial charge on any atom is 0.222 e. The second-order valence-corrected chi connectivity index (χ2v) is 26.1. The Morgan fingerprint density at radius 2 is 0.539 bits per heavy atom. The van der Waals surface area contributed by atoms with Gasteiger partial charge in [0, 0.05) is 208 Å². The molecule has 9 aromatic heterocycles. The van der Waals surface area contributed by atoms with Crippen molar-refractivity contribution in [2.45, 2.75) is 133 Å². The maximum atomic E-state index is 14.2. The van der Waals surface area contributed by atoms with E-state index in [1.165, 1.54) is 0 Å². The molecule has 13 heterocycles. The topological polar surface area (TPSA) is 292 Å². The second kappa shape index (κ2) is 33.6. The average Bonchev–Trinajstić information content (AvgIpc) is 0.828. The summed E-state index contributed by atoms with van der Waals surface area (Å²) in [4.78, 5) is 132. The third kappa shape index (κ3) is 18.9. The minimum Gasteiger partial charge on any atom is -0.490 e. The van der Waals surface area contributed by atoms with Gasteiger partial charge in [-0.25, -0.2) is 15.0 Å². The first-order chi connectivity index (χ1) is 49.9. The van der Waals surface area contributed by atoms with Gasteiger partial charge < -0.3 is 44.9 Å². The molecular formula is C78H81N15O9. The number of amides is 6. The Balaban J connectivity index is 0.639. The molecule has 3 atom stereocenters. The molecule has 6 amide bonds. The van der Waals surface area contributed by atoms with Crippen LogP contribution in [0.3, 0.4) is 0 Å². The van der Waals surface area contributed by atoms with E-state index in [-0.39, 0.29) is 93.8 Å². The lowest BCUT2D eigenvalue weighted by atomic mass is 10.00. The molecule has 4 aliphatic rings. The van der Waals surface area contributed by atoms with Crippen molar-refractivity contribution < 1.29 is 43.0 Å². The van der Waals surface area contributed by atoms with Gasteiger partial charge in [0.15, 0.2) is 0 Å². The van der Waals surface area contributed by atoms with Gasteiger partial charge in [-0.15, -0.1) is 0 Å². The fraction of sp³-hybridized carbons (Fsp3) is 0.346. The lowest BCUT2D eigenvalue weighted by Gasteiger charge is -2.33. The van der Waals surface area contributed by atoms with Gasteiger partial charge in [0.2, 0.25) is 35.4 Å². The molecule has 102 heavy (non-hydrogen) atoms. The summed E-state index contributed by atoms with van der Waals surface area (Å²) in [5, 5.41) is 9.08. The van der Waals surface area contributed by atoms with Crippen molar-refractivity contribution in [3.8, 4) is 85.6 Å². The van der Waals surface area contributed by atoms with E-state index in [0.717, 1.165) is 0 Å². The Bertz CT molecular complexity index is 3680. The van der Waals surface area contributed by atoms with Crippen LogP contribution in [0.5, 0.6) is 17.2 Å². The van der Waals surface area contributed by atoms with E-state index in [4.69, 9.17) is 29.2 Å². The second-order valence-electron chi connectivity index (χ2n) is 26.1. The number of carbonyl (C=O) groups excluding carboxylic acids is 6. The average molecular weight is 1370 g/mol. The van der Waals surface area contributed by atoms with E-state index >= 15 is 0 Å². The van der Waals surface area contributed by atoms with Gasteiger partial charge >= 0.3 is 0 Å². The first-order valence-corrected chi connectivity index (χ1v) is 35.2. The summed E-state index contributed by atoms with van der Waals surface area (Å²) in [6, 6.07) is 42.8. The summed E-state index contributed by atoms with van der Waals surface area (Å²) in [6.45, 7) is 2.62. The zero-order valence-electron chi connectivity index (χ0n) is 56.7. The van der Waals surface area contributed by atoms with E-state index in [0.29, 0.717) is 163 Å². The minimum absolute atomic E-state index is 0.0486. The summed E-state index contributed by atoms with van der Waals surface area (Å²) < 4.78 is 19.8. The van der Waals surface area contributed by atoms with Crippen molar-refractivity contribution in [2.24, 2.45) is 0 Å². The Kier molecular flexibility index (Phi) is 22.8. The summed E-state index contributed by atoms with van der Waals surface area (Å²) in [6.07, 6.45) is 13.2. The highest BCUT2D eigenvalue weighted by Gasteiger charge is 2.32. The normalized spacial score (nSPS) is 18.2. The number of rotatable bonds is 21. The number of piperidine rings is 3. The predicted molar refractivity (Wildman–Crippen MR) is 380 cm³/mol. The van der Waals surface area contributed by atoms with Crippen LogP contribution < -0.4 is 30.2 Å². The van der Waals surface area contributed by atoms with Gasteiger partial charge in [0.1, 0.15) is 35.6 Å². The molecule has 3 N–H and O–H groups in total. The molecule has 522 valence electrons. The largest absolute Gasteiger partial charge is 0.490 e. The lowest BCUT2D eigenvalue weighted by Crippen LogP contribution is -2.49. The van der Waals surface area contributed by atoms with Crippen LogP contribution in [0.1, 0.15) is 96.3 Å². The molecule has 0 aliphatic carbocycles. The van der Waals surface area contributed by atoms with Crippen LogP contribution in [0.15, 0.2) is 183 Å². The fourth-order valence-electron chi connectivity index (χ4n) is 13.4. The van der Waals surface area contributed by atoms with Gasteiger partial charge in [-0.1, -0.05) is 36.4 Å². The highest BCUT2D eigenvalue weighted by atomic mass is 16.5. The van der Waals surface area contributed by atoms with Crippen LogP contribution in [0.2, 0.25) is 0 Å². The van der Waals surface area contributed by atoms with Crippen LogP contribution in [-0.4, -0.2) is 171 Å². The van der Waals surface area contributed by atoms with Crippen LogP contribution >= 0.6 is 0 Å². The standard InChI is InChI=1S/C78H81N15O9/c94-73-43-52(19-22-76(97)91-37-25-55(26-38-91)100-58-46-67(61-13-1-7-31-79-61)88-68(47-58)62-14-2-8-32-80-62)85-74(95)44-53(20-23-77(98)92-39-27-56(28-40-92)101-59-48-69(63-15-3-9-33-81-63)89-70(49-59)64-16-4-10-34-82-64)87-75(96)45-54(86-73)21-24-78(99)93-41-29-57(30-42-93)102-60-50-71(65-17-5-11-35-83-65)90-72(51-60)66-18-6-12-36-84-66/h1-18,31-36,46-57H,19-30,37-45H2,(H,85,95)(H,86,94)(H,87,96). The fourth-order valence-corrected chi connectivity index (χ4v) is 13.4. The van der Waals surface area contributed by atoms with Crippen molar-refractivity contribution in [1.29, 1.82) is 0 Å². The van der Waals surface area contributed by atoms with Crippen molar-refractivity contribution in [1.82, 2.24) is 75.5 Å². The Morgan fingerprint density at radius 3 is 0.735 bits per heavy atom. The molecule has 0 radical (unpaired) electrons. The van der Waals surface area contributed by atoms with Gasteiger partial charge in [0.25, 0.3) is 0 Å². The van der Waals surface area contributed by atoms with Crippen LogP contribution in [0, 0.1) is 0 Å². The van der Waals surface area contributed by atoms with Crippen LogP contribution in [0.25, 0.3) is 68.3 Å². The highest BCUT2D eigenvalue weighted by molar-refractivity contribution is 5.85. The van der Waals surface area contributed by atoms with Gasteiger partial charge in [0.05, 0.1) is 68.3 Å². The zero-order valence-corrected chi connectivity index (χ0v) is 56.7. The number of aromatic nitrogens is 9. The Morgan fingerprint density at radius 1 is 0.324 bits per heavy atom. The monoisotopic (exact) mass is 1370 g/mol. The number of hydrogen-bond acceptors (Lipinski definition) is 18. The highest BCUT2D eigenvalue weighted by Crippen LogP contribution is 2.33. The van der Waals surface area contributed by atoms with Crippen LogP contribution in [-0.2, 0) is 28.8 Å². The first kappa shape index (κ1) is 69.1. The van der Waals surface area contributed by atoms with Gasteiger partial charge in [-0.05, 0) is 92.1 Å². The molecule has 3 unspecified atom stereocenters. The molecule has 9 aromatic rings. The number of nitrogens with one attached hydrogen (secondary N) is 3. The van der Waals surface area contributed by atoms with E-state index < -0.39 is 35.8 Å². The summed E-state index contributed by atoms with van der Waals surface area (Å²) in [5.74, 6) is 0.179. The number of hydrogen-bond donors (Lipinski definition) is 3. The smallest absolute Gasteiger partial charge is 0.222 e. The van der Waals surface area contributed by atoms with E-state index in [9.17, 15) is 28.8 Å². The van der Waals surface area contributed by atoms with Crippen molar-refractivity contribution in [2.75, 3.05) is 39.3 Å². The van der Waals surface area contributed by atoms with Gasteiger partial charge in [-0.3, -0.25) is 58.7 Å². The Labute approximate surface area is 591 Å². The van der Waals surface area contributed by atoms with E-state index in [1.54, 1.807) is 51.9 Å². The molecule has 4 aliphatic heterocycles. The van der Waals surface area contributed by atoms with Crippen molar-refractivity contribution in [3.05, 3.63) is 183 Å². The molecular weight excluding hydrogens is 1290 g/mol. The van der Waals surface area contributed by atoms with Crippen LogP contribution in [0.4, 0.5) is 0 Å². The van der Waals surface area contributed by atoms with E-state index in [2.05, 4.69) is 45.9 Å². The molecule has 0 bridgehead atoms. The molecule has 24 nitrogen and oxygen atoms in total. The third-order valence-electron chi connectivity index (χ3n) is 18.8. The number of ether oxygens (including phenoxy) is 3. The molecule has 4 fully saturated rings. The number of pyridine rings is 9. The summed E-state index contributed by atoms with van der Waals surface area (Å²) in [7, 11) is 0. The van der Waals surface area contributed by atoms with Crippen molar-refractivity contribution in [3.63, 3.8) is 0 Å². The minimum atomic E-state index is -0.756. The Hall–Kier alpha value is -11.4. The number of likely N-dealkylation sites (tertiary alicyclic amines) is 3. The zero-order chi connectivity index (χ0) is 70.0. The molecule has 0 saturated carbocycles. The molecule has 13 rings (SSSR count). The summed E-state index contributed by atoms with van der Waals surface area (Å²) in [5.41, 5.74) is 8.02. The molecule has 0 spiro atoms. The maximum absolute atomic E-state index is 14.2. The quantitative estimate of drug-likeness (QED) is 0.0603. The molecule has 0 aromatic carbocycles. The third-order valence-corrected chi connectivity index (χ3v) is 18.8. The molecule has 4 saturated heterocycles. The lowest BCUT2D eigenvalue weighted by molar-refractivity contribution is -0.134. The first-order valence-electron chi connectivity index (χ1n) is 35.2.